The third-order valence-electron chi connectivity index (χ3n) is 1.69. The first-order valence-electron chi connectivity index (χ1n) is 3.71. The molecule has 0 aliphatic heterocycles. The van der Waals surface area contributed by atoms with E-state index in [1.165, 1.54) is 7.05 Å². The summed E-state index contributed by atoms with van der Waals surface area (Å²) >= 11 is 5.31. The number of rotatable bonds is 2. The Balaban J connectivity index is 3.05. The normalized spacial score (nSPS) is 14.4. The van der Waals surface area contributed by atoms with E-state index in [4.69, 9.17) is 11.6 Å². The molecule has 80 valence electrons. The van der Waals surface area contributed by atoms with E-state index in [0.717, 1.165) is 10.7 Å². The van der Waals surface area contributed by atoms with Gasteiger partial charge >= 0.3 is 6.18 Å². The second-order valence-corrected chi connectivity index (χ2v) is 3.05. The van der Waals surface area contributed by atoms with E-state index in [1.54, 1.807) is 0 Å². The van der Waals surface area contributed by atoms with Crippen LogP contribution in [0, 0.1) is 0 Å². The van der Waals surface area contributed by atoms with Crippen LogP contribution in [0.5, 0.6) is 0 Å². The average Bonchev–Trinajstić information content (AvgIpc) is 2.45. The van der Waals surface area contributed by atoms with E-state index < -0.39 is 18.0 Å². The SMILES string of the molecule is Cn1nc(C(F)(F)F)cc1C(O)CCl. The van der Waals surface area contributed by atoms with E-state index in [9.17, 15) is 18.3 Å². The molecule has 0 radical (unpaired) electrons. The van der Waals surface area contributed by atoms with E-state index in [2.05, 4.69) is 5.10 Å². The molecule has 0 fully saturated rings. The molecule has 1 aromatic heterocycles. The van der Waals surface area contributed by atoms with Crippen molar-refractivity contribution in [3.63, 3.8) is 0 Å². The second-order valence-electron chi connectivity index (χ2n) is 2.75. The minimum atomic E-state index is -4.50. The fourth-order valence-electron chi connectivity index (χ4n) is 1.01. The fraction of sp³-hybridized carbons (Fsp3) is 0.571. The standard InChI is InChI=1S/C7H8ClF3N2O/c1-13-4(5(14)3-8)2-6(12-13)7(9,10)11/h2,5,14H,3H2,1H3. The number of hydrogen-bond acceptors (Lipinski definition) is 2. The van der Waals surface area contributed by atoms with Gasteiger partial charge in [0.25, 0.3) is 0 Å². The van der Waals surface area contributed by atoms with Crippen molar-refractivity contribution < 1.29 is 18.3 Å². The maximum Gasteiger partial charge on any atom is 0.435 e. The quantitative estimate of drug-likeness (QED) is 0.783. The van der Waals surface area contributed by atoms with Crippen molar-refractivity contribution in [2.75, 3.05) is 5.88 Å². The van der Waals surface area contributed by atoms with Crippen LogP contribution in [0.1, 0.15) is 17.5 Å². The molecular formula is C7H8ClF3N2O. The number of aromatic nitrogens is 2. The Kier molecular flexibility index (Phi) is 3.06. The van der Waals surface area contributed by atoms with Gasteiger partial charge in [0.15, 0.2) is 5.69 Å². The molecule has 0 bridgehead atoms. The number of nitrogens with zero attached hydrogens (tertiary/aromatic N) is 2. The molecule has 0 amide bonds. The molecule has 0 aromatic carbocycles. The van der Waals surface area contributed by atoms with Crippen LogP contribution in [0.3, 0.4) is 0 Å². The lowest BCUT2D eigenvalue weighted by Crippen LogP contribution is -2.07. The highest BCUT2D eigenvalue weighted by Crippen LogP contribution is 2.29. The van der Waals surface area contributed by atoms with Gasteiger partial charge < -0.3 is 5.11 Å². The summed E-state index contributed by atoms with van der Waals surface area (Å²) in [5.41, 5.74) is -0.980. The molecule has 1 aromatic rings. The predicted molar refractivity (Wildman–Crippen MR) is 43.9 cm³/mol. The lowest BCUT2D eigenvalue weighted by molar-refractivity contribution is -0.141. The van der Waals surface area contributed by atoms with Crippen molar-refractivity contribution in [2.45, 2.75) is 12.3 Å². The number of aryl methyl sites for hydroxylation is 1. The zero-order valence-corrected chi connectivity index (χ0v) is 7.97. The molecule has 1 rings (SSSR count). The van der Waals surface area contributed by atoms with Crippen LogP contribution >= 0.6 is 11.6 Å². The van der Waals surface area contributed by atoms with Crippen LogP contribution in [-0.4, -0.2) is 20.8 Å². The van der Waals surface area contributed by atoms with E-state index in [0.29, 0.717) is 0 Å². The van der Waals surface area contributed by atoms with Gasteiger partial charge in [-0.05, 0) is 6.07 Å². The zero-order valence-electron chi connectivity index (χ0n) is 7.22. The number of alkyl halides is 4. The molecule has 1 atom stereocenters. The summed E-state index contributed by atoms with van der Waals surface area (Å²) in [5, 5.41) is 12.5. The molecule has 0 saturated heterocycles. The van der Waals surface area contributed by atoms with Gasteiger partial charge in [-0.2, -0.15) is 18.3 Å². The number of aliphatic hydroxyl groups excluding tert-OH is 1. The molecule has 1 unspecified atom stereocenters. The topological polar surface area (TPSA) is 38.0 Å². The lowest BCUT2D eigenvalue weighted by atomic mass is 10.2. The Morgan fingerprint density at radius 1 is 1.64 bits per heavy atom. The van der Waals surface area contributed by atoms with Crippen molar-refractivity contribution >= 4 is 11.6 Å². The third-order valence-corrected chi connectivity index (χ3v) is 1.99. The average molecular weight is 229 g/mol. The van der Waals surface area contributed by atoms with Gasteiger partial charge in [-0.15, -0.1) is 11.6 Å². The van der Waals surface area contributed by atoms with E-state index >= 15 is 0 Å². The highest BCUT2D eigenvalue weighted by atomic mass is 35.5. The monoisotopic (exact) mass is 228 g/mol. The number of halogens is 4. The van der Waals surface area contributed by atoms with Gasteiger partial charge in [0, 0.05) is 7.05 Å². The highest BCUT2D eigenvalue weighted by Gasteiger charge is 2.35. The van der Waals surface area contributed by atoms with Gasteiger partial charge in [0.2, 0.25) is 0 Å². The van der Waals surface area contributed by atoms with E-state index in [-0.39, 0.29) is 11.6 Å². The van der Waals surface area contributed by atoms with Crippen LogP contribution < -0.4 is 0 Å². The van der Waals surface area contributed by atoms with Crippen LogP contribution in [0.15, 0.2) is 6.07 Å². The molecule has 14 heavy (non-hydrogen) atoms. The number of hydrogen-bond donors (Lipinski definition) is 1. The highest BCUT2D eigenvalue weighted by molar-refractivity contribution is 6.18. The Morgan fingerprint density at radius 3 is 2.57 bits per heavy atom. The molecule has 0 aliphatic rings. The zero-order chi connectivity index (χ0) is 10.9. The fourth-order valence-corrected chi connectivity index (χ4v) is 1.17. The summed E-state index contributed by atoms with van der Waals surface area (Å²) in [5.74, 6) is -0.170. The predicted octanol–water partition coefficient (Wildman–Crippen LogP) is 1.71. The Bertz CT molecular complexity index is 323. The first kappa shape index (κ1) is 11.3. The Labute approximate surface area is 83.1 Å². The molecule has 0 saturated carbocycles. The third kappa shape index (κ3) is 2.19. The molecule has 1 heterocycles. The smallest absolute Gasteiger partial charge is 0.386 e. The van der Waals surface area contributed by atoms with Crippen LogP contribution in [0.2, 0.25) is 0 Å². The molecule has 1 N–H and O–H groups in total. The summed E-state index contributed by atoms with van der Waals surface area (Å²) in [4.78, 5) is 0. The van der Waals surface area contributed by atoms with Crippen LogP contribution in [0.4, 0.5) is 13.2 Å². The minimum absolute atomic E-state index is 0.0484. The van der Waals surface area contributed by atoms with E-state index in [1.807, 2.05) is 0 Å². The number of aliphatic hydroxyl groups is 1. The summed E-state index contributed by atoms with van der Waals surface area (Å²) < 4.78 is 37.4. The van der Waals surface area contributed by atoms with Crippen molar-refractivity contribution in [1.82, 2.24) is 9.78 Å². The summed E-state index contributed by atoms with van der Waals surface area (Å²) in [7, 11) is 1.32. The first-order chi connectivity index (χ1) is 6.36. The van der Waals surface area contributed by atoms with Crippen molar-refractivity contribution in [2.24, 2.45) is 7.05 Å². The summed E-state index contributed by atoms with van der Waals surface area (Å²) in [6, 6.07) is 0.785. The molecular weight excluding hydrogens is 221 g/mol. The van der Waals surface area contributed by atoms with Gasteiger partial charge in [-0.1, -0.05) is 0 Å². The molecule has 0 spiro atoms. The van der Waals surface area contributed by atoms with Gasteiger partial charge in [0.05, 0.1) is 11.6 Å². The largest absolute Gasteiger partial charge is 0.435 e. The van der Waals surface area contributed by atoms with Crippen molar-refractivity contribution in [3.8, 4) is 0 Å². The van der Waals surface area contributed by atoms with Gasteiger partial charge in [-0.3, -0.25) is 4.68 Å². The maximum absolute atomic E-state index is 12.2. The Hall–Kier alpha value is -0.750. The Morgan fingerprint density at radius 2 is 2.21 bits per heavy atom. The van der Waals surface area contributed by atoms with Crippen molar-refractivity contribution in [1.29, 1.82) is 0 Å². The first-order valence-corrected chi connectivity index (χ1v) is 4.25. The van der Waals surface area contributed by atoms with Crippen LogP contribution in [-0.2, 0) is 13.2 Å². The van der Waals surface area contributed by atoms with Gasteiger partial charge in [0.1, 0.15) is 6.10 Å². The maximum atomic E-state index is 12.2. The summed E-state index contributed by atoms with van der Waals surface area (Å²) in [6.45, 7) is 0. The van der Waals surface area contributed by atoms with Crippen molar-refractivity contribution in [3.05, 3.63) is 17.5 Å². The lowest BCUT2D eigenvalue weighted by Gasteiger charge is -2.05. The van der Waals surface area contributed by atoms with Gasteiger partial charge in [-0.25, -0.2) is 0 Å². The second kappa shape index (κ2) is 3.78. The summed E-state index contributed by atoms with van der Waals surface area (Å²) in [6.07, 6.45) is -5.63. The molecule has 7 heteroatoms. The van der Waals surface area contributed by atoms with Crippen LogP contribution in [0.25, 0.3) is 0 Å². The molecule has 3 nitrogen and oxygen atoms in total. The molecule has 0 aliphatic carbocycles. The minimum Gasteiger partial charge on any atom is -0.386 e.